The average Bonchev–Trinajstić information content (AvgIpc) is 3.05. The van der Waals surface area contributed by atoms with Gasteiger partial charge in [0.05, 0.1) is 23.1 Å². The molecule has 3 aromatic rings. The summed E-state index contributed by atoms with van der Waals surface area (Å²) in [5, 5.41) is 6.53. The van der Waals surface area contributed by atoms with Gasteiger partial charge in [0.25, 0.3) is 5.91 Å². The van der Waals surface area contributed by atoms with Gasteiger partial charge in [0, 0.05) is 10.0 Å². The zero-order valence-corrected chi connectivity index (χ0v) is 14.3. The van der Waals surface area contributed by atoms with E-state index in [2.05, 4.69) is 37.0 Å². The van der Waals surface area contributed by atoms with Crippen LogP contribution in [-0.2, 0) is 0 Å². The molecule has 0 saturated carbocycles. The van der Waals surface area contributed by atoms with Crippen molar-refractivity contribution in [3.63, 3.8) is 0 Å². The predicted molar refractivity (Wildman–Crippen MR) is 93.9 cm³/mol. The fourth-order valence-electron chi connectivity index (χ4n) is 2.25. The number of hydrogen-bond donors (Lipinski definition) is 3. The van der Waals surface area contributed by atoms with Crippen molar-refractivity contribution in [3.05, 3.63) is 70.1 Å². The van der Waals surface area contributed by atoms with E-state index in [1.807, 2.05) is 25.1 Å². The van der Waals surface area contributed by atoms with Crippen LogP contribution in [0.2, 0.25) is 0 Å². The molecule has 0 fully saturated rings. The van der Waals surface area contributed by atoms with Crippen LogP contribution in [-0.4, -0.2) is 16.1 Å². The van der Waals surface area contributed by atoms with E-state index >= 15 is 0 Å². The number of hydrazine groups is 1. The molecule has 0 aliphatic heterocycles. The highest BCUT2D eigenvalue weighted by Gasteiger charge is 2.17. The smallest absolute Gasteiger partial charge is 0.273 e. The lowest BCUT2D eigenvalue weighted by molar-refractivity contribution is 0.0963. The second-order valence-electron chi connectivity index (χ2n) is 5.18. The van der Waals surface area contributed by atoms with E-state index in [1.165, 1.54) is 12.3 Å². The molecule has 1 heterocycles. The SMILES string of the molecule is Cc1cc(NNC(=O)c2cn[nH]c2-c2ccccc2F)ccc1Br. The summed E-state index contributed by atoms with van der Waals surface area (Å²) in [5.41, 5.74) is 8.07. The number of hydrogen-bond acceptors (Lipinski definition) is 3. The molecule has 0 aliphatic rings. The number of carbonyl (C=O) groups is 1. The number of nitrogens with one attached hydrogen (secondary N) is 3. The summed E-state index contributed by atoms with van der Waals surface area (Å²) in [6.07, 6.45) is 1.37. The van der Waals surface area contributed by atoms with Crippen molar-refractivity contribution in [1.29, 1.82) is 0 Å². The second-order valence-corrected chi connectivity index (χ2v) is 6.04. The first-order valence-corrected chi connectivity index (χ1v) is 7.96. The van der Waals surface area contributed by atoms with Crippen LogP contribution in [0.25, 0.3) is 11.3 Å². The molecule has 1 amide bonds. The Bertz CT molecular complexity index is 894. The number of anilines is 1. The Kier molecular flexibility index (Phi) is 4.61. The third-order valence-corrected chi connectivity index (χ3v) is 4.40. The third-order valence-electron chi connectivity index (χ3n) is 3.51. The maximum atomic E-state index is 13.9. The van der Waals surface area contributed by atoms with E-state index in [4.69, 9.17) is 0 Å². The lowest BCUT2D eigenvalue weighted by Crippen LogP contribution is -2.29. The van der Waals surface area contributed by atoms with Gasteiger partial charge >= 0.3 is 0 Å². The van der Waals surface area contributed by atoms with Crippen molar-refractivity contribution in [2.75, 3.05) is 5.43 Å². The Morgan fingerprint density at radius 1 is 1.25 bits per heavy atom. The Morgan fingerprint density at radius 2 is 2.04 bits per heavy atom. The number of aromatic nitrogens is 2. The van der Waals surface area contributed by atoms with E-state index in [0.717, 1.165) is 15.7 Å². The zero-order valence-electron chi connectivity index (χ0n) is 12.7. The van der Waals surface area contributed by atoms with Crippen LogP contribution in [0.15, 0.2) is 53.1 Å². The van der Waals surface area contributed by atoms with Crippen LogP contribution in [0.5, 0.6) is 0 Å². The molecule has 0 spiro atoms. The van der Waals surface area contributed by atoms with Crippen LogP contribution >= 0.6 is 15.9 Å². The predicted octanol–water partition coefficient (Wildman–Crippen LogP) is 4.04. The molecule has 0 radical (unpaired) electrons. The standard InChI is InChI=1S/C17H14BrFN4O/c1-10-8-11(6-7-14(10)18)21-23-17(24)13-9-20-22-16(13)12-4-2-3-5-15(12)19/h2-9,21H,1H3,(H,20,22)(H,23,24). The van der Waals surface area contributed by atoms with E-state index in [9.17, 15) is 9.18 Å². The molecule has 5 nitrogen and oxygen atoms in total. The van der Waals surface area contributed by atoms with Crippen LogP contribution < -0.4 is 10.9 Å². The van der Waals surface area contributed by atoms with E-state index < -0.39 is 11.7 Å². The van der Waals surface area contributed by atoms with Crippen molar-refractivity contribution >= 4 is 27.5 Å². The van der Waals surface area contributed by atoms with Crippen molar-refractivity contribution in [2.24, 2.45) is 0 Å². The topological polar surface area (TPSA) is 69.8 Å². The van der Waals surface area contributed by atoms with Gasteiger partial charge in [0.15, 0.2) is 0 Å². The first-order valence-electron chi connectivity index (χ1n) is 7.17. The number of rotatable bonds is 4. The molecular formula is C17H14BrFN4O. The normalized spacial score (nSPS) is 10.5. The van der Waals surface area contributed by atoms with Crippen LogP contribution in [0.1, 0.15) is 15.9 Å². The first-order chi connectivity index (χ1) is 11.6. The lowest BCUT2D eigenvalue weighted by atomic mass is 10.1. The van der Waals surface area contributed by atoms with Gasteiger partial charge in [0.2, 0.25) is 0 Å². The van der Waals surface area contributed by atoms with E-state index in [-0.39, 0.29) is 5.56 Å². The third kappa shape index (κ3) is 3.30. The molecule has 3 N–H and O–H groups in total. The fourth-order valence-corrected chi connectivity index (χ4v) is 2.49. The number of amides is 1. The average molecular weight is 389 g/mol. The highest BCUT2D eigenvalue weighted by atomic mass is 79.9. The summed E-state index contributed by atoms with van der Waals surface area (Å²) in [6.45, 7) is 1.95. The molecule has 0 unspecified atom stereocenters. The first kappa shape index (κ1) is 16.2. The maximum absolute atomic E-state index is 13.9. The largest absolute Gasteiger partial charge is 0.298 e. The van der Waals surface area contributed by atoms with Crippen LogP contribution in [0.3, 0.4) is 0 Å². The summed E-state index contributed by atoms with van der Waals surface area (Å²) < 4.78 is 14.9. The summed E-state index contributed by atoms with van der Waals surface area (Å²) in [5.74, 6) is -0.838. The molecule has 0 bridgehead atoms. The van der Waals surface area contributed by atoms with E-state index in [0.29, 0.717) is 11.3 Å². The Labute approximate surface area is 146 Å². The fraction of sp³-hybridized carbons (Fsp3) is 0.0588. The minimum atomic E-state index is -0.424. The van der Waals surface area contributed by atoms with E-state index in [1.54, 1.807) is 18.2 Å². The molecule has 0 saturated heterocycles. The Balaban J connectivity index is 1.78. The van der Waals surface area contributed by atoms with Crippen molar-refractivity contribution < 1.29 is 9.18 Å². The number of benzene rings is 2. The molecule has 2 aromatic carbocycles. The number of aromatic amines is 1. The zero-order chi connectivity index (χ0) is 17.1. The Morgan fingerprint density at radius 3 is 2.79 bits per heavy atom. The molecule has 7 heteroatoms. The van der Waals surface area contributed by atoms with Gasteiger partial charge in [-0.05, 0) is 42.8 Å². The number of halogens is 2. The summed E-state index contributed by atoms with van der Waals surface area (Å²) >= 11 is 3.42. The molecule has 122 valence electrons. The quantitative estimate of drug-likeness (QED) is 0.590. The van der Waals surface area contributed by atoms with Crippen molar-refractivity contribution in [2.45, 2.75) is 6.92 Å². The molecule has 0 atom stereocenters. The molecule has 0 aliphatic carbocycles. The second kappa shape index (κ2) is 6.84. The number of aryl methyl sites for hydroxylation is 1. The van der Waals surface area contributed by atoms with Crippen LogP contribution in [0.4, 0.5) is 10.1 Å². The molecular weight excluding hydrogens is 375 g/mol. The van der Waals surface area contributed by atoms with Gasteiger partial charge in [-0.3, -0.25) is 20.7 Å². The molecule has 1 aromatic heterocycles. The Hall–Kier alpha value is -2.67. The number of carbonyl (C=O) groups excluding carboxylic acids is 1. The summed E-state index contributed by atoms with van der Waals surface area (Å²) in [4.78, 5) is 12.4. The van der Waals surface area contributed by atoms with Crippen LogP contribution in [0, 0.1) is 12.7 Å². The lowest BCUT2D eigenvalue weighted by Gasteiger charge is -2.10. The maximum Gasteiger partial charge on any atom is 0.273 e. The van der Waals surface area contributed by atoms with Gasteiger partial charge in [0.1, 0.15) is 5.82 Å². The summed E-state index contributed by atoms with van der Waals surface area (Å²) in [6, 6.07) is 11.8. The van der Waals surface area contributed by atoms with Gasteiger partial charge in [-0.1, -0.05) is 28.1 Å². The highest BCUT2D eigenvalue weighted by Crippen LogP contribution is 2.24. The monoisotopic (exact) mass is 388 g/mol. The van der Waals surface area contributed by atoms with Crippen molar-refractivity contribution in [1.82, 2.24) is 15.6 Å². The molecule has 24 heavy (non-hydrogen) atoms. The van der Waals surface area contributed by atoms with Gasteiger partial charge < -0.3 is 0 Å². The van der Waals surface area contributed by atoms with Gasteiger partial charge in [-0.25, -0.2) is 4.39 Å². The minimum absolute atomic E-state index is 0.251. The molecule has 3 rings (SSSR count). The van der Waals surface area contributed by atoms with Gasteiger partial charge in [-0.2, -0.15) is 5.10 Å². The number of H-pyrrole nitrogens is 1. The van der Waals surface area contributed by atoms with Gasteiger partial charge in [-0.15, -0.1) is 0 Å². The number of nitrogens with zero attached hydrogens (tertiary/aromatic N) is 1. The minimum Gasteiger partial charge on any atom is -0.298 e. The van der Waals surface area contributed by atoms with Crippen molar-refractivity contribution in [3.8, 4) is 11.3 Å². The summed E-state index contributed by atoms with van der Waals surface area (Å²) in [7, 11) is 0. The highest BCUT2D eigenvalue weighted by molar-refractivity contribution is 9.10.